The van der Waals surface area contributed by atoms with Gasteiger partial charge in [-0.2, -0.15) is 0 Å². The molecule has 0 bridgehead atoms. The fourth-order valence-electron chi connectivity index (χ4n) is 1.72. The number of amides is 1. The monoisotopic (exact) mass is 254 g/mol. The van der Waals surface area contributed by atoms with Crippen molar-refractivity contribution in [2.75, 3.05) is 19.6 Å². The fourth-order valence-corrected chi connectivity index (χ4v) is 1.72. The molecule has 0 saturated carbocycles. The van der Waals surface area contributed by atoms with Crippen LogP contribution >= 0.6 is 0 Å². The van der Waals surface area contributed by atoms with Gasteiger partial charge in [-0.3, -0.25) is 4.79 Å². The molecule has 0 unspecified atom stereocenters. The van der Waals surface area contributed by atoms with Crippen molar-refractivity contribution >= 4 is 5.91 Å². The molecule has 0 aliphatic carbocycles. The predicted octanol–water partition coefficient (Wildman–Crippen LogP) is 1.73. The summed E-state index contributed by atoms with van der Waals surface area (Å²) < 4.78 is 12.9. The van der Waals surface area contributed by atoms with E-state index in [1.807, 2.05) is 6.92 Å². The highest BCUT2D eigenvalue weighted by molar-refractivity contribution is 5.96. The molecular weight excluding hydrogens is 235 g/mol. The molecule has 1 rings (SSSR count). The minimum absolute atomic E-state index is 0.127. The van der Waals surface area contributed by atoms with Crippen molar-refractivity contribution in [3.63, 3.8) is 0 Å². The maximum absolute atomic E-state index is 12.9. The highest BCUT2D eigenvalue weighted by Gasteiger charge is 2.18. The van der Waals surface area contributed by atoms with E-state index < -0.39 is 5.82 Å². The van der Waals surface area contributed by atoms with Crippen LogP contribution in [-0.4, -0.2) is 35.5 Å². The van der Waals surface area contributed by atoms with Gasteiger partial charge in [0.1, 0.15) is 11.6 Å². The highest BCUT2D eigenvalue weighted by Crippen LogP contribution is 2.20. The molecule has 0 radical (unpaired) electrons. The first-order chi connectivity index (χ1) is 8.60. The van der Waals surface area contributed by atoms with E-state index in [0.29, 0.717) is 26.1 Å². The van der Waals surface area contributed by atoms with Crippen LogP contribution in [0, 0.1) is 5.82 Å². The molecule has 0 heterocycles. The van der Waals surface area contributed by atoms with E-state index in [0.717, 1.165) is 12.5 Å². The first-order valence-electron chi connectivity index (χ1n) is 6.08. The third-order valence-electron chi connectivity index (χ3n) is 2.60. The molecule has 5 heteroatoms. The SMILES string of the molecule is CCCN(CCCN)C(=O)c1ccc(F)cc1O. The number of carbonyl (C=O) groups excluding carboxylic acids is 1. The Hall–Kier alpha value is -1.62. The van der Waals surface area contributed by atoms with Gasteiger partial charge < -0.3 is 15.7 Å². The lowest BCUT2D eigenvalue weighted by molar-refractivity contribution is 0.0751. The minimum Gasteiger partial charge on any atom is -0.507 e. The van der Waals surface area contributed by atoms with Crippen LogP contribution in [0.1, 0.15) is 30.1 Å². The Morgan fingerprint density at radius 3 is 2.72 bits per heavy atom. The van der Waals surface area contributed by atoms with Crippen molar-refractivity contribution in [1.82, 2.24) is 4.90 Å². The average molecular weight is 254 g/mol. The minimum atomic E-state index is -0.562. The molecule has 1 aromatic rings. The van der Waals surface area contributed by atoms with Gasteiger partial charge in [0.05, 0.1) is 5.56 Å². The standard InChI is InChI=1S/C13H19FN2O2/c1-2-7-16(8-3-6-15)13(18)11-5-4-10(14)9-12(11)17/h4-5,9,17H,2-3,6-8,15H2,1H3. The molecule has 0 aliphatic rings. The van der Waals surface area contributed by atoms with Gasteiger partial charge in [0.15, 0.2) is 0 Å². The molecule has 0 spiro atoms. The lowest BCUT2D eigenvalue weighted by atomic mass is 10.1. The zero-order chi connectivity index (χ0) is 13.5. The number of hydrogen-bond acceptors (Lipinski definition) is 3. The van der Waals surface area contributed by atoms with Gasteiger partial charge in [0.2, 0.25) is 0 Å². The molecule has 0 atom stereocenters. The Bertz CT molecular complexity index is 410. The number of nitrogens with zero attached hydrogens (tertiary/aromatic N) is 1. The van der Waals surface area contributed by atoms with Crippen molar-refractivity contribution in [3.8, 4) is 5.75 Å². The summed E-state index contributed by atoms with van der Waals surface area (Å²) >= 11 is 0. The molecule has 4 nitrogen and oxygen atoms in total. The van der Waals surface area contributed by atoms with E-state index in [1.165, 1.54) is 12.1 Å². The van der Waals surface area contributed by atoms with E-state index in [9.17, 15) is 14.3 Å². The molecule has 0 fully saturated rings. The van der Waals surface area contributed by atoms with E-state index in [4.69, 9.17) is 5.73 Å². The largest absolute Gasteiger partial charge is 0.507 e. The summed E-state index contributed by atoms with van der Waals surface area (Å²) in [6, 6.07) is 3.42. The number of rotatable bonds is 6. The molecule has 100 valence electrons. The molecule has 0 saturated heterocycles. The molecule has 1 amide bonds. The van der Waals surface area contributed by atoms with Crippen LogP contribution in [0.3, 0.4) is 0 Å². The summed E-state index contributed by atoms with van der Waals surface area (Å²) in [6.45, 7) is 3.60. The third kappa shape index (κ3) is 3.70. The number of phenolic OH excluding ortho intramolecular Hbond substituents is 1. The van der Waals surface area contributed by atoms with E-state index >= 15 is 0 Å². The average Bonchev–Trinajstić information content (AvgIpc) is 2.33. The van der Waals surface area contributed by atoms with Gasteiger partial charge in [0, 0.05) is 19.2 Å². The Balaban J connectivity index is 2.87. The van der Waals surface area contributed by atoms with Gasteiger partial charge in [0.25, 0.3) is 5.91 Å². The zero-order valence-corrected chi connectivity index (χ0v) is 10.5. The van der Waals surface area contributed by atoms with Crippen LogP contribution < -0.4 is 5.73 Å². The van der Waals surface area contributed by atoms with Crippen molar-refractivity contribution in [3.05, 3.63) is 29.6 Å². The van der Waals surface area contributed by atoms with Gasteiger partial charge in [-0.1, -0.05) is 6.92 Å². The van der Waals surface area contributed by atoms with Crippen molar-refractivity contribution < 1.29 is 14.3 Å². The first-order valence-corrected chi connectivity index (χ1v) is 6.08. The topological polar surface area (TPSA) is 66.6 Å². The summed E-state index contributed by atoms with van der Waals surface area (Å²) in [5, 5.41) is 9.59. The highest BCUT2D eigenvalue weighted by atomic mass is 19.1. The number of nitrogens with two attached hydrogens (primary N) is 1. The van der Waals surface area contributed by atoms with Gasteiger partial charge >= 0.3 is 0 Å². The molecule has 0 aromatic heterocycles. The maximum Gasteiger partial charge on any atom is 0.257 e. The van der Waals surface area contributed by atoms with E-state index in [2.05, 4.69) is 0 Å². The maximum atomic E-state index is 12.9. The van der Waals surface area contributed by atoms with Crippen molar-refractivity contribution in [1.29, 1.82) is 0 Å². The van der Waals surface area contributed by atoms with Crippen LogP contribution in [0.2, 0.25) is 0 Å². The smallest absolute Gasteiger partial charge is 0.257 e. The lowest BCUT2D eigenvalue weighted by Gasteiger charge is -2.22. The lowest BCUT2D eigenvalue weighted by Crippen LogP contribution is -2.33. The number of phenols is 1. The molecule has 0 aliphatic heterocycles. The van der Waals surface area contributed by atoms with Gasteiger partial charge in [-0.25, -0.2) is 4.39 Å². The van der Waals surface area contributed by atoms with E-state index in [-0.39, 0.29) is 17.2 Å². The summed E-state index contributed by atoms with van der Waals surface area (Å²) in [6.07, 6.45) is 1.52. The zero-order valence-electron chi connectivity index (χ0n) is 10.5. The normalized spacial score (nSPS) is 10.4. The van der Waals surface area contributed by atoms with Crippen LogP contribution in [-0.2, 0) is 0 Å². The third-order valence-corrected chi connectivity index (χ3v) is 2.60. The first kappa shape index (κ1) is 14.4. The Labute approximate surface area is 106 Å². The summed E-state index contributed by atoms with van der Waals surface area (Å²) in [5.41, 5.74) is 5.55. The van der Waals surface area contributed by atoms with Crippen LogP contribution in [0.5, 0.6) is 5.75 Å². The number of hydrogen-bond donors (Lipinski definition) is 2. The summed E-state index contributed by atoms with van der Waals surface area (Å²) in [5.74, 6) is -1.18. The number of carbonyl (C=O) groups is 1. The second-order valence-electron chi connectivity index (χ2n) is 4.10. The molecule has 18 heavy (non-hydrogen) atoms. The predicted molar refractivity (Wildman–Crippen MR) is 67.9 cm³/mol. The molecule has 3 N–H and O–H groups in total. The van der Waals surface area contributed by atoms with E-state index in [1.54, 1.807) is 4.90 Å². The Morgan fingerprint density at radius 1 is 1.44 bits per heavy atom. The van der Waals surface area contributed by atoms with Crippen molar-refractivity contribution in [2.24, 2.45) is 5.73 Å². The quantitative estimate of drug-likeness (QED) is 0.812. The fraction of sp³-hybridized carbons (Fsp3) is 0.462. The second-order valence-corrected chi connectivity index (χ2v) is 4.10. The van der Waals surface area contributed by atoms with Crippen LogP contribution in [0.15, 0.2) is 18.2 Å². The Kier molecular flexibility index (Phi) is 5.58. The van der Waals surface area contributed by atoms with Crippen LogP contribution in [0.4, 0.5) is 4.39 Å². The van der Waals surface area contributed by atoms with Crippen molar-refractivity contribution in [2.45, 2.75) is 19.8 Å². The second kappa shape index (κ2) is 6.96. The Morgan fingerprint density at radius 2 is 2.17 bits per heavy atom. The summed E-state index contributed by atoms with van der Waals surface area (Å²) in [7, 11) is 0. The summed E-state index contributed by atoms with van der Waals surface area (Å²) in [4.78, 5) is 13.8. The molecular formula is C13H19FN2O2. The van der Waals surface area contributed by atoms with Crippen LogP contribution in [0.25, 0.3) is 0 Å². The number of benzene rings is 1. The van der Waals surface area contributed by atoms with Gasteiger partial charge in [-0.05, 0) is 31.5 Å². The number of aromatic hydroxyl groups is 1. The number of halogens is 1. The molecule has 1 aromatic carbocycles. The van der Waals surface area contributed by atoms with Gasteiger partial charge in [-0.15, -0.1) is 0 Å².